The van der Waals surface area contributed by atoms with Crippen molar-refractivity contribution in [3.8, 4) is 0 Å². The highest BCUT2D eigenvalue weighted by molar-refractivity contribution is 5.87. The zero-order valence-corrected chi connectivity index (χ0v) is 19.4. The van der Waals surface area contributed by atoms with Gasteiger partial charge in [0.1, 0.15) is 0 Å². The van der Waals surface area contributed by atoms with Gasteiger partial charge in [0.05, 0.1) is 6.04 Å². The Hall–Kier alpha value is -3.68. The van der Waals surface area contributed by atoms with Crippen molar-refractivity contribution in [3.05, 3.63) is 142 Å². The van der Waals surface area contributed by atoms with Gasteiger partial charge < -0.3 is 5.73 Å². The van der Waals surface area contributed by atoms with Crippen molar-refractivity contribution in [2.75, 3.05) is 0 Å². The van der Waals surface area contributed by atoms with E-state index < -0.39 is 0 Å². The maximum atomic E-state index is 6.96. The van der Waals surface area contributed by atoms with E-state index in [1.165, 1.54) is 55.3 Å². The number of hydrogen-bond donors (Lipinski definition) is 1. The van der Waals surface area contributed by atoms with Crippen LogP contribution in [0.3, 0.4) is 0 Å². The summed E-state index contributed by atoms with van der Waals surface area (Å²) in [5, 5.41) is 2.57. The molecule has 34 heavy (non-hydrogen) atoms. The monoisotopic (exact) mass is 439 g/mol. The van der Waals surface area contributed by atoms with Gasteiger partial charge in [-0.25, -0.2) is 0 Å². The first-order valence-corrected chi connectivity index (χ1v) is 12.3. The summed E-state index contributed by atoms with van der Waals surface area (Å²) in [6, 6.07) is 34.6. The normalized spacial score (nSPS) is 16.6. The number of rotatable bonds is 4. The Balaban J connectivity index is 1.47. The minimum Gasteiger partial charge on any atom is -0.320 e. The van der Waals surface area contributed by atoms with Crippen LogP contribution < -0.4 is 5.73 Å². The first kappa shape index (κ1) is 20.9. The van der Waals surface area contributed by atoms with E-state index in [1.54, 1.807) is 0 Å². The molecule has 0 radical (unpaired) electrons. The zero-order valence-electron chi connectivity index (χ0n) is 19.4. The Morgan fingerprint density at radius 1 is 0.588 bits per heavy atom. The van der Waals surface area contributed by atoms with E-state index in [0.29, 0.717) is 0 Å². The largest absolute Gasteiger partial charge is 0.320 e. The lowest BCUT2D eigenvalue weighted by atomic mass is 9.78. The summed E-state index contributed by atoms with van der Waals surface area (Å²) >= 11 is 0. The maximum Gasteiger partial charge on any atom is 0.0554 e. The lowest BCUT2D eigenvalue weighted by Gasteiger charge is -2.28. The van der Waals surface area contributed by atoms with Crippen LogP contribution in [-0.2, 0) is 6.42 Å². The number of allylic oxidation sites excluding steroid dienone is 3. The first-order chi connectivity index (χ1) is 16.8. The van der Waals surface area contributed by atoms with Gasteiger partial charge in [0.25, 0.3) is 0 Å². The Kier molecular flexibility index (Phi) is 5.49. The molecule has 4 aromatic rings. The average molecular weight is 440 g/mol. The zero-order chi connectivity index (χ0) is 22.9. The van der Waals surface area contributed by atoms with Gasteiger partial charge in [-0.1, -0.05) is 103 Å². The van der Waals surface area contributed by atoms with E-state index in [4.69, 9.17) is 5.73 Å². The molecule has 0 saturated carbocycles. The topological polar surface area (TPSA) is 26.0 Å². The molecule has 1 nitrogen and oxygen atoms in total. The highest BCUT2D eigenvalue weighted by Crippen LogP contribution is 2.41. The fourth-order valence-corrected chi connectivity index (χ4v) is 5.50. The molecule has 2 aliphatic carbocycles. The minimum absolute atomic E-state index is 0.134. The van der Waals surface area contributed by atoms with E-state index in [1.807, 2.05) is 0 Å². The third-order valence-corrected chi connectivity index (χ3v) is 7.37. The van der Waals surface area contributed by atoms with E-state index in [2.05, 4.69) is 109 Å². The van der Waals surface area contributed by atoms with Gasteiger partial charge in [-0.15, -0.1) is 0 Å². The third-order valence-electron chi connectivity index (χ3n) is 7.37. The Morgan fingerprint density at radius 2 is 1.32 bits per heavy atom. The van der Waals surface area contributed by atoms with Gasteiger partial charge >= 0.3 is 0 Å². The van der Waals surface area contributed by atoms with Crippen molar-refractivity contribution >= 4 is 22.4 Å². The van der Waals surface area contributed by atoms with Gasteiger partial charge in [0.15, 0.2) is 0 Å². The standard InChI is InChI=1S/C33H29N/c34-33(25-10-2-1-3-11-25)32-22-29(28-16-14-23-8-4-6-12-26(23)20-28)18-19-31(32)30-17-15-24-9-5-7-13-27(24)21-30/h1-14,16,20-22,33H,15,17-19,34H2. The van der Waals surface area contributed by atoms with E-state index in [0.717, 1.165) is 25.7 Å². The lowest BCUT2D eigenvalue weighted by Crippen LogP contribution is -2.17. The second kappa shape index (κ2) is 8.93. The van der Waals surface area contributed by atoms with E-state index >= 15 is 0 Å². The molecule has 0 heterocycles. The Morgan fingerprint density at radius 3 is 2.21 bits per heavy atom. The van der Waals surface area contributed by atoms with E-state index in [9.17, 15) is 0 Å². The molecular formula is C33H29N. The fraction of sp³-hybridized carbons (Fsp3) is 0.152. The van der Waals surface area contributed by atoms with Crippen LogP contribution in [0.4, 0.5) is 0 Å². The summed E-state index contributed by atoms with van der Waals surface area (Å²) in [5.41, 5.74) is 17.8. The molecule has 0 amide bonds. The van der Waals surface area contributed by atoms with Gasteiger partial charge in [0.2, 0.25) is 0 Å². The van der Waals surface area contributed by atoms with Crippen LogP contribution in [0.5, 0.6) is 0 Å². The maximum absolute atomic E-state index is 6.96. The van der Waals surface area contributed by atoms with Crippen LogP contribution in [-0.4, -0.2) is 0 Å². The van der Waals surface area contributed by atoms with Crippen molar-refractivity contribution in [3.63, 3.8) is 0 Å². The number of hydrogen-bond acceptors (Lipinski definition) is 1. The molecule has 0 bridgehead atoms. The highest BCUT2D eigenvalue weighted by Gasteiger charge is 2.24. The molecule has 0 fully saturated rings. The second-order valence-corrected chi connectivity index (χ2v) is 9.42. The molecule has 1 atom stereocenters. The quantitative estimate of drug-likeness (QED) is 0.342. The van der Waals surface area contributed by atoms with Crippen LogP contribution in [0, 0.1) is 0 Å². The van der Waals surface area contributed by atoms with Crippen LogP contribution in [0.25, 0.3) is 22.4 Å². The Labute approximate surface area is 202 Å². The van der Waals surface area contributed by atoms with Gasteiger partial charge in [0, 0.05) is 0 Å². The summed E-state index contributed by atoms with van der Waals surface area (Å²) in [4.78, 5) is 0. The number of benzene rings is 4. The SMILES string of the molecule is NC(C1=C(C2=Cc3ccccc3CC2)CCC(c2ccc3ccccc3c2)=C1)c1ccccc1. The summed E-state index contributed by atoms with van der Waals surface area (Å²) in [5.74, 6) is 0. The predicted molar refractivity (Wildman–Crippen MR) is 144 cm³/mol. The van der Waals surface area contributed by atoms with Crippen molar-refractivity contribution in [1.82, 2.24) is 0 Å². The van der Waals surface area contributed by atoms with Crippen molar-refractivity contribution in [1.29, 1.82) is 0 Å². The third kappa shape index (κ3) is 3.93. The average Bonchev–Trinajstić information content (AvgIpc) is 2.92. The van der Waals surface area contributed by atoms with Crippen LogP contribution in [0.2, 0.25) is 0 Å². The molecule has 0 aromatic heterocycles. The predicted octanol–water partition coefficient (Wildman–Crippen LogP) is 8.04. The van der Waals surface area contributed by atoms with Gasteiger partial charge in [-0.3, -0.25) is 0 Å². The molecule has 2 aliphatic rings. The number of aryl methyl sites for hydroxylation is 1. The van der Waals surface area contributed by atoms with E-state index in [-0.39, 0.29) is 6.04 Å². The smallest absolute Gasteiger partial charge is 0.0554 e. The van der Waals surface area contributed by atoms with Crippen molar-refractivity contribution in [2.45, 2.75) is 31.7 Å². The van der Waals surface area contributed by atoms with Crippen molar-refractivity contribution in [2.24, 2.45) is 5.73 Å². The molecule has 2 N–H and O–H groups in total. The number of nitrogens with two attached hydrogens (primary N) is 1. The summed E-state index contributed by atoms with van der Waals surface area (Å²) in [7, 11) is 0. The molecule has 0 aliphatic heterocycles. The van der Waals surface area contributed by atoms with Gasteiger partial charge in [-0.05, 0) is 87.1 Å². The van der Waals surface area contributed by atoms with Crippen LogP contribution >= 0.6 is 0 Å². The molecule has 0 saturated heterocycles. The summed E-state index contributed by atoms with van der Waals surface area (Å²) in [6.07, 6.45) is 9.04. The second-order valence-electron chi connectivity index (χ2n) is 9.42. The van der Waals surface area contributed by atoms with Crippen LogP contribution in [0.1, 0.15) is 47.6 Å². The molecule has 0 spiro atoms. The minimum atomic E-state index is -0.134. The molecular weight excluding hydrogens is 410 g/mol. The van der Waals surface area contributed by atoms with Crippen molar-refractivity contribution < 1.29 is 0 Å². The fourth-order valence-electron chi connectivity index (χ4n) is 5.50. The molecule has 4 aromatic carbocycles. The first-order valence-electron chi connectivity index (χ1n) is 12.3. The summed E-state index contributed by atoms with van der Waals surface area (Å²) in [6.45, 7) is 0. The molecule has 166 valence electrons. The Bertz CT molecular complexity index is 1450. The highest BCUT2D eigenvalue weighted by atomic mass is 14.6. The molecule has 1 heteroatoms. The van der Waals surface area contributed by atoms with Gasteiger partial charge in [-0.2, -0.15) is 0 Å². The summed E-state index contributed by atoms with van der Waals surface area (Å²) < 4.78 is 0. The molecule has 1 unspecified atom stereocenters. The molecule has 6 rings (SSSR count). The number of fused-ring (bicyclic) bond motifs is 2. The van der Waals surface area contributed by atoms with Crippen LogP contribution in [0.15, 0.2) is 120 Å². The lowest BCUT2D eigenvalue weighted by molar-refractivity contribution is 0.807.